The Hall–Kier alpha value is -1.21. The molecule has 1 unspecified atom stereocenters. The van der Waals surface area contributed by atoms with Crippen molar-refractivity contribution in [3.05, 3.63) is 54.1 Å². The average Bonchev–Trinajstić information content (AvgIpc) is 2.37. The summed E-state index contributed by atoms with van der Waals surface area (Å²) in [7, 11) is 0. The lowest BCUT2D eigenvalue weighted by atomic mass is 10.1. The van der Waals surface area contributed by atoms with Gasteiger partial charge in [0.25, 0.3) is 0 Å². The molecule has 0 aromatic heterocycles. The smallest absolute Gasteiger partial charge is 0.119 e. The first-order valence-electron chi connectivity index (χ1n) is 6.22. The van der Waals surface area contributed by atoms with Gasteiger partial charge in [0, 0.05) is 0 Å². The third-order valence-electron chi connectivity index (χ3n) is 2.75. The molecule has 0 spiro atoms. The number of halogens is 1. The molecule has 0 radical (unpaired) electrons. The van der Waals surface area contributed by atoms with E-state index in [4.69, 9.17) is 16.3 Å². The lowest BCUT2D eigenvalue weighted by molar-refractivity contribution is 0.361. The van der Waals surface area contributed by atoms with Crippen molar-refractivity contribution < 1.29 is 4.74 Å². The second-order valence-corrected chi connectivity index (χ2v) is 5.05. The van der Waals surface area contributed by atoms with Crippen LogP contribution in [0.5, 0.6) is 5.75 Å². The van der Waals surface area contributed by atoms with Crippen LogP contribution in [0.25, 0.3) is 0 Å². The first kappa shape index (κ1) is 14.8. The third kappa shape index (κ3) is 5.92. The van der Waals surface area contributed by atoms with Crippen LogP contribution in [0, 0.1) is 0 Å². The van der Waals surface area contributed by atoms with Crippen LogP contribution in [0.1, 0.15) is 26.7 Å². The lowest BCUT2D eigenvalue weighted by Crippen LogP contribution is -2.00. The fraction of sp³-hybridized carbons (Fsp3) is 0.375. The highest BCUT2D eigenvalue weighted by Crippen LogP contribution is 2.17. The standard InChI is InChI=1S/C16H21ClO/c1-13(2)16(17)10-9-14(3)11-12-18-15-7-5-4-6-8-15/h4-8,11,16H,1,9-10,12H2,2-3H3. The van der Waals surface area contributed by atoms with Crippen molar-refractivity contribution >= 4 is 11.6 Å². The predicted octanol–water partition coefficient (Wildman–Crippen LogP) is 4.98. The molecule has 0 saturated heterocycles. The lowest BCUT2D eigenvalue weighted by Gasteiger charge is -2.09. The summed E-state index contributed by atoms with van der Waals surface area (Å²) in [6.07, 6.45) is 4.03. The number of para-hydroxylation sites is 1. The van der Waals surface area contributed by atoms with Crippen LogP contribution in [-0.4, -0.2) is 12.0 Å². The molecule has 0 amide bonds. The van der Waals surface area contributed by atoms with Crippen LogP contribution in [0.3, 0.4) is 0 Å². The largest absolute Gasteiger partial charge is 0.490 e. The Morgan fingerprint density at radius 2 is 2.00 bits per heavy atom. The molecule has 1 rings (SSSR count). The van der Waals surface area contributed by atoms with E-state index < -0.39 is 0 Å². The van der Waals surface area contributed by atoms with Gasteiger partial charge in [-0.05, 0) is 44.9 Å². The monoisotopic (exact) mass is 264 g/mol. The summed E-state index contributed by atoms with van der Waals surface area (Å²) in [4.78, 5) is 0. The molecular weight excluding hydrogens is 244 g/mol. The zero-order valence-corrected chi connectivity index (χ0v) is 11.9. The van der Waals surface area contributed by atoms with Crippen LogP contribution in [0.2, 0.25) is 0 Å². The van der Waals surface area contributed by atoms with Crippen LogP contribution in [0.4, 0.5) is 0 Å². The molecule has 98 valence electrons. The van der Waals surface area contributed by atoms with Gasteiger partial charge >= 0.3 is 0 Å². The Kier molecular flexibility index (Phi) is 6.59. The quantitative estimate of drug-likeness (QED) is 0.499. The summed E-state index contributed by atoms with van der Waals surface area (Å²) in [6, 6.07) is 9.83. The van der Waals surface area contributed by atoms with E-state index in [0.29, 0.717) is 6.61 Å². The van der Waals surface area contributed by atoms with Crippen molar-refractivity contribution in [2.45, 2.75) is 32.1 Å². The summed E-state index contributed by atoms with van der Waals surface area (Å²) in [6.45, 7) is 8.54. The molecule has 0 heterocycles. The van der Waals surface area contributed by atoms with E-state index in [9.17, 15) is 0 Å². The topological polar surface area (TPSA) is 9.23 Å². The number of alkyl halides is 1. The first-order chi connectivity index (χ1) is 8.59. The summed E-state index contributed by atoms with van der Waals surface area (Å²) in [5.41, 5.74) is 2.34. The molecule has 0 aliphatic heterocycles. The second kappa shape index (κ2) is 7.99. The van der Waals surface area contributed by atoms with Gasteiger partial charge in [0.05, 0.1) is 5.38 Å². The number of hydrogen-bond acceptors (Lipinski definition) is 1. The minimum absolute atomic E-state index is 0.0726. The summed E-state index contributed by atoms with van der Waals surface area (Å²) in [5, 5.41) is 0.0726. The van der Waals surface area contributed by atoms with Gasteiger partial charge in [-0.1, -0.05) is 35.9 Å². The SMILES string of the molecule is C=C(C)C(Cl)CCC(C)=CCOc1ccccc1. The molecule has 1 atom stereocenters. The minimum atomic E-state index is 0.0726. The van der Waals surface area contributed by atoms with E-state index >= 15 is 0 Å². The first-order valence-corrected chi connectivity index (χ1v) is 6.66. The van der Waals surface area contributed by atoms with E-state index in [2.05, 4.69) is 19.6 Å². The van der Waals surface area contributed by atoms with Gasteiger partial charge in [-0.3, -0.25) is 0 Å². The molecule has 0 N–H and O–H groups in total. The fourth-order valence-electron chi connectivity index (χ4n) is 1.50. The van der Waals surface area contributed by atoms with Gasteiger partial charge in [-0.15, -0.1) is 11.6 Å². The Morgan fingerprint density at radius 3 is 2.61 bits per heavy atom. The predicted molar refractivity (Wildman–Crippen MR) is 79.4 cm³/mol. The Bertz CT molecular complexity index is 395. The molecule has 1 aromatic rings. The van der Waals surface area contributed by atoms with Crippen molar-refractivity contribution in [1.82, 2.24) is 0 Å². The van der Waals surface area contributed by atoms with E-state index in [0.717, 1.165) is 24.2 Å². The van der Waals surface area contributed by atoms with Crippen LogP contribution < -0.4 is 4.74 Å². The van der Waals surface area contributed by atoms with Gasteiger partial charge in [0.1, 0.15) is 12.4 Å². The summed E-state index contributed by atoms with van der Waals surface area (Å²) >= 11 is 6.13. The third-order valence-corrected chi connectivity index (χ3v) is 3.34. The van der Waals surface area contributed by atoms with E-state index in [1.165, 1.54) is 5.57 Å². The maximum atomic E-state index is 6.13. The van der Waals surface area contributed by atoms with Crippen LogP contribution >= 0.6 is 11.6 Å². The summed E-state index contributed by atoms with van der Waals surface area (Å²) in [5.74, 6) is 0.902. The van der Waals surface area contributed by atoms with Crippen molar-refractivity contribution in [2.75, 3.05) is 6.61 Å². The van der Waals surface area contributed by atoms with Crippen molar-refractivity contribution in [3.63, 3.8) is 0 Å². The molecule has 0 saturated carbocycles. The van der Waals surface area contributed by atoms with Crippen LogP contribution in [-0.2, 0) is 0 Å². The molecule has 2 heteroatoms. The van der Waals surface area contributed by atoms with Gasteiger partial charge in [-0.2, -0.15) is 0 Å². The van der Waals surface area contributed by atoms with E-state index in [1.807, 2.05) is 37.3 Å². The highest BCUT2D eigenvalue weighted by molar-refractivity contribution is 6.22. The molecule has 0 bridgehead atoms. The Labute approximate surface area is 115 Å². The molecule has 18 heavy (non-hydrogen) atoms. The Morgan fingerprint density at radius 1 is 1.33 bits per heavy atom. The molecule has 0 aliphatic rings. The van der Waals surface area contributed by atoms with Gasteiger partial charge in [-0.25, -0.2) is 0 Å². The van der Waals surface area contributed by atoms with Crippen molar-refractivity contribution in [2.24, 2.45) is 0 Å². The molecule has 1 aromatic carbocycles. The van der Waals surface area contributed by atoms with Crippen molar-refractivity contribution in [1.29, 1.82) is 0 Å². The number of benzene rings is 1. The average molecular weight is 265 g/mol. The van der Waals surface area contributed by atoms with Gasteiger partial charge in [0.2, 0.25) is 0 Å². The number of hydrogen-bond donors (Lipinski definition) is 0. The molecule has 0 fully saturated rings. The highest BCUT2D eigenvalue weighted by atomic mass is 35.5. The molecule has 0 aliphatic carbocycles. The normalized spacial score (nSPS) is 13.2. The van der Waals surface area contributed by atoms with Crippen LogP contribution in [0.15, 0.2) is 54.1 Å². The maximum absolute atomic E-state index is 6.13. The molecular formula is C16H21ClO. The van der Waals surface area contributed by atoms with E-state index in [1.54, 1.807) is 0 Å². The van der Waals surface area contributed by atoms with E-state index in [-0.39, 0.29) is 5.38 Å². The number of rotatable bonds is 7. The zero-order valence-electron chi connectivity index (χ0n) is 11.2. The zero-order chi connectivity index (χ0) is 13.4. The molecule has 1 nitrogen and oxygen atoms in total. The maximum Gasteiger partial charge on any atom is 0.119 e. The minimum Gasteiger partial charge on any atom is -0.490 e. The Balaban J connectivity index is 2.28. The highest BCUT2D eigenvalue weighted by Gasteiger charge is 2.04. The second-order valence-electron chi connectivity index (χ2n) is 4.53. The number of allylic oxidation sites excluding steroid dienone is 2. The van der Waals surface area contributed by atoms with Gasteiger partial charge in [0.15, 0.2) is 0 Å². The number of ether oxygens (including phenoxy) is 1. The van der Waals surface area contributed by atoms with Gasteiger partial charge < -0.3 is 4.74 Å². The van der Waals surface area contributed by atoms with Crippen molar-refractivity contribution in [3.8, 4) is 5.75 Å². The summed E-state index contributed by atoms with van der Waals surface area (Å²) < 4.78 is 5.60. The fourth-order valence-corrected chi connectivity index (χ4v) is 1.61.